The molecule has 1 amide bonds. The zero-order valence-electron chi connectivity index (χ0n) is 14.1. The summed E-state index contributed by atoms with van der Waals surface area (Å²) in [6, 6.07) is 12.2. The molecule has 2 N–H and O–H groups in total. The van der Waals surface area contributed by atoms with Gasteiger partial charge in [0.25, 0.3) is 5.91 Å². The first-order chi connectivity index (χ1) is 12.4. The van der Waals surface area contributed by atoms with Crippen LogP contribution in [0.3, 0.4) is 0 Å². The summed E-state index contributed by atoms with van der Waals surface area (Å²) in [6.45, 7) is 2.32. The normalized spacial score (nSPS) is 11.3. The Hall–Kier alpha value is -2.65. The van der Waals surface area contributed by atoms with Gasteiger partial charge in [-0.25, -0.2) is 13.4 Å². The van der Waals surface area contributed by atoms with Gasteiger partial charge in [0.2, 0.25) is 10.0 Å². The minimum Gasteiger partial charge on any atom is -0.493 e. The van der Waals surface area contributed by atoms with Crippen LogP contribution in [0.1, 0.15) is 17.3 Å². The van der Waals surface area contributed by atoms with E-state index in [4.69, 9.17) is 4.74 Å². The van der Waals surface area contributed by atoms with Gasteiger partial charge in [-0.1, -0.05) is 23.5 Å². The lowest BCUT2D eigenvalue weighted by molar-refractivity contribution is 0.102. The van der Waals surface area contributed by atoms with Crippen LogP contribution in [-0.4, -0.2) is 32.2 Å². The maximum atomic E-state index is 12.5. The molecule has 0 aliphatic heterocycles. The van der Waals surface area contributed by atoms with Crippen LogP contribution in [-0.2, 0) is 10.0 Å². The Morgan fingerprint density at radius 1 is 1.23 bits per heavy atom. The fraction of sp³-hybridized carbons (Fsp3) is 0.176. The molecule has 3 aromatic rings. The fourth-order valence-electron chi connectivity index (χ4n) is 2.34. The van der Waals surface area contributed by atoms with Crippen molar-refractivity contribution in [3.63, 3.8) is 0 Å². The van der Waals surface area contributed by atoms with Crippen LogP contribution in [0.15, 0.2) is 42.5 Å². The molecular weight excluding hydrogens is 374 g/mol. The Morgan fingerprint density at radius 3 is 2.73 bits per heavy atom. The summed E-state index contributed by atoms with van der Waals surface area (Å²) in [5.74, 6) is 0.235. The summed E-state index contributed by atoms with van der Waals surface area (Å²) in [6.07, 6.45) is 1.07. The van der Waals surface area contributed by atoms with Crippen LogP contribution < -0.4 is 14.8 Å². The van der Waals surface area contributed by atoms with Crippen LogP contribution in [0, 0.1) is 0 Å². The zero-order valence-corrected chi connectivity index (χ0v) is 15.8. The maximum absolute atomic E-state index is 12.5. The maximum Gasteiger partial charge on any atom is 0.259 e. The minimum atomic E-state index is -3.39. The summed E-state index contributed by atoms with van der Waals surface area (Å²) in [5.41, 5.74) is 1.68. The van der Waals surface area contributed by atoms with Gasteiger partial charge >= 0.3 is 0 Å². The highest BCUT2D eigenvalue weighted by molar-refractivity contribution is 7.92. The Bertz CT molecular complexity index is 1060. The second kappa shape index (κ2) is 7.30. The topological polar surface area (TPSA) is 97.4 Å². The molecular formula is C17H17N3O4S2. The van der Waals surface area contributed by atoms with Crippen molar-refractivity contribution in [3.05, 3.63) is 48.0 Å². The second-order valence-electron chi connectivity index (χ2n) is 5.46. The highest BCUT2D eigenvalue weighted by atomic mass is 32.2. The molecule has 9 heteroatoms. The van der Waals surface area contributed by atoms with Gasteiger partial charge in [-0.15, -0.1) is 0 Å². The largest absolute Gasteiger partial charge is 0.493 e. The van der Waals surface area contributed by atoms with E-state index in [-0.39, 0.29) is 11.0 Å². The number of benzene rings is 2. The smallest absolute Gasteiger partial charge is 0.259 e. The number of anilines is 2. The Morgan fingerprint density at radius 2 is 2.00 bits per heavy atom. The number of carbonyl (C=O) groups is 1. The molecule has 7 nitrogen and oxygen atoms in total. The van der Waals surface area contributed by atoms with Crippen molar-refractivity contribution in [2.24, 2.45) is 0 Å². The molecule has 136 valence electrons. The number of amides is 1. The monoisotopic (exact) mass is 391 g/mol. The number of aromatic nitrogens is 1. The molecule has 0 radical (unpaired) electrons. The van der Waals surface area contributed by atoms with E-state index in [1.54, 1.807) is 36.4 Å². The summed E-state index contributed by atoms with van der Waals surface area (Å²) < 4.78 is 31.2. The first-order valence-corrected chi connectivity index (χ1v) is 10.5. The van der Waals surface area contributed by atoms with Crippen molar-refractivity contribution in [2.75, 3.05) is 22.9 Å². The number of hydrogen-bond donors (Lipinski definition) is 2. The number of fused-ring (bicyclic) bond motifs is 1. The molecule has 0 unspecified atom stereocenters. The van der Waals surface area contributed by atoms with Gasteiger partial charge in [-0.3, -0.25) is 9.52 Å². The standard InChI is InChI=1S/C17H17N3O4S2/c1-3-24-14-7-5-4-6-12(14)16(21)18-11-8-9-13-15(10-11)25-17(19-13)20-26(2,22)23/h4-10H,3H2,1-2H3,(H,18,21)(H,19,20). The van der Waals surface area contributed by atoms with Crippen LogP contribution in [0.25, 0.3) is 10.2 Å². The van der Waals surface area contributed by atoms with E-state index in [2.05, 4.69) is 15.0 Å². The van der Waals surface area contributed by atoms with Crippen molar-refractivity contribution < 1.29 is 17.9 Å². The lowest BCUT2D eigenvalue weighted by atomic mass is 10.2. The molecule has 3 rings (SSSR count). The average Bonchev–Trinajstić information content (AvgIpc) is 2.95. The van der Waals surface area contributed by atoms with Crippen molar-refractivity contribution >= 4 is 48.3 Å². The van der Waals surface area contributed by atoms with Crippen LogP contribution in [0.5, 0.6) is 5.75 Å². The predicted octanol–water partition coefficient (Wildman–Crippen LogP) is 3.32. The average molecular weight is 391 g/mol. The number of para-hydroxylation sites is 1. The number of nitrogens with zero attached hydrogens (tertiary/aromatic N) is 1. The highest BCUT2D eigenvalue weighted by Crippen LogP contribution is 2.29. The number of nitrogens with one attached hydrogen (secondary N) is 2. The quantitative estimate of drug-likeness (QED) is 0.672. The van der Waals surface area contributed by atoms with E-state index in [1.807, 2.05) is 13.0 Å². The van der Waals surface area contributed by atoms with Gasteiger partial charge in [0.15, 0.2) is 5.13 Å². The van der Waals surface area contributed by atoms with Gasteiger partial charge in [-0.05, 0) is 37.3 Å². The van der Waals surface area contributed by atoms with E-state index in [0.717, 1.165) is 11.0 Å². The van der Waals surface area contributed by atoms with Crippen molar-refractivity contribution in [2.45, 2.75) is 6.92 Å². The number of thiazole rings is 1. The molecule has 1 aromatic heterocycles. The highest BCUT2D eigenvalue weighted by Gasteiger charge is 2.13. The van der Waals surface area contributed by atoms with Crippen LogP contribution in [0.4, 0.5) is 10.8 Å². The summed E-state index contributed by atoms with van der Waals surface area (Å²) in [5, 5.41) is 3.11. The third kappa shape index (κ3) is 4.30. The number of carbonyl (C=O) groups excluding carboxylic acids is 1. The number of ether oxygens (including phenoxy) is 1. The molecule has 26 heavy (non-hydrogen) atoms. The first kappa shape index (κ1) is 18.2. The molecule has 0 aliphatic rings. The predicted molar refractivity (Wildman–Crippen MR) is 104 cm³/mol. The van der Waals surface area contributed by atoms with Gasteiger partial charge in [0.1, 0.15) is 5.75 Å². The Labute approximate surface area is 155 Å². The number of rotatable bonds is 6. The first-order valence-electron chi connectivity index (χ1n) is 7.77. The summed E-state index contributed by atoms with van der Waals surface area (Å²) >= 11 is 1.20. The van der Waals surface area contributed by atoms with E-state index in [0.29, 0.717) is 29.1 Å². The Kier molecular flexibility index (Phi) is 5.10. The fourth-order valence-corrected chi connectivity index (χ4v) is 4.08. The third-order valence-corrected chi connectivity index (χ3v) is 4.98. The minimum absolute atomic E-state index is 0.285. The van der Waals surface area contributed by atoms with E-state index < -0.39 is 10.0 Å². The van der Waals surface area contributed by atoms with Crippen molar-refractivity contribution in [1.29, 1.82) is 0 Å². The number of hydrogen-bond acceptors (Lipinski definition) is 6. The van der Waals surface area contributed by atoms with Crippen LogP contribution in [0.2, 0.25) is 0 Å². The molecule has 0 saturated carbocycles. The SMILES string of the molecule is CCOc1ccccc1C(=O)Nc1ccc2nc(NS(C)(=O)=O)sc2c1. The van der Waals surface area contributed by atoms with E-state index in [9.17, 15) is 13.2 Å². The van der Waals surface area contributed by atoms with Crippen LogP contribution >= 0.6 is 11.3 Å². The van der Waals surface area contributed by atoms with Gasteiger partial charge in [0.05, 0.1) is 28.6 Å². The molecule has 0 aliphatic carbocycles. The lowest BCUT2D eigenvalue weighted by Gasteiger charge is -2.10. The molecule has 0 spiro atoms. The van der Waals surface area contributed by atoms with Gasteiger partial charge < -0.3 is 10.1 Å². The van der Waals surface area contributed by atoms with E-state index >= 15 is 0 Å². The molecule has 1 heterocycles. The molecule has 0 saturated heterocycles. The van der Waals surface area contributed by atoms with Crippen molar-refractivity contribution in [3.8, 4) is 5.75 Å². The van der Waals surface area contributed by atoms with E-state index in [1.165, 1.54) is 11.3 Å². The number of sulfonamides is 1. The summed E-state index contributed by atoms with van der Waals surface area (Å²) in [4.78, 5) is 16.8. The molecule has 2 aromatic carbocycles. The zero-order chi connectivity index (χ0) is 18.7. The van der Waals surface area contributed by atoms with Gasteiger partial charge in [-0.2, -0.15) is 0 Å². The lowest BCUT2D eigenvalue weighted by Crippen LogP contribution is -2.13. The third-order valence-electron chi connectivity index (χ3n) is 3.35. The summed E-state index contributed by atoms with van der Waals surface area (Å²) in [7, 11) is -3.39. The molecule has 0 atom stereocenters. The Balaban J connectivity index is 1.84. The molecule has 0 fully saturated rings. The molecule has 0 bridgehead atoms. The van der Waals surface area contributed by atoms with Gasteiger partial charge in [0, 0.05) is 5.69 Å². The second-order valence-corrected chi connectivity index (χ2v) is 8.24. The van der Waals surface area contributed by atoms with Crippen molar-refractivity contribution in [1.82, 2.24) is 4.98 Å².